The number of benzene rings is 2. The molecular weight excluding hydrogens is 560 g/mol. The monoisotopic (exact) mass is 600 g/mol. The summed E-state index contributed by atoms with van der Waals surface area (Å²) in [5.41, 5.74) is 3.00. The first kappa shape index (κ1) is 27.2. The molecule has 2 aromatic rings. The van der Waals surface area contributed by atoms with Crippen molar-refractivity contribution in [3.05, 3.63) is 46.5 Å². The van der Waals surface area contributed by atoms with E-state index in [4.69, 9.17) is 14.2 Å². The Labute approximate surface area is 257 Å². The summed E-state index contributed by atoms with van der Waals surface area (Å²) >= 11 is 0. The highest BCUT2D eigenvalue weighted by molar-refractivity contribution is 5.90. The number of piperidine rings is 2. The second-order valence-electron chi connectivity index (χ2n) is 14.5. The van der Waals surface area contributed by atoms with Gasteiger partial charge < -0.3 is 34.2 Å². The summed E-state index contributed by atoms with van der Waals surface area (Å²) in [6.45, 7) is 1.87. The molecule has 4 bridgehead atoms. The van der Waals surface area contributed by atoms with Crippen LogP contribution in [0.1, 0.15) is 60.8 Å². The van der Waals surface area contributed by atoms with Crippen molar-refractivity contribution in [1.29, 1.82) is 0 Å². The number of aromatic hydroxyl groups is 1. The van der Waals surface area contributed by atoms with Crippen LogP contribution in [-0.4, -0.2) is 95.8 Å². The molecule has 0 unspecified atom stereocenters. The maximum atomic E-state index is 12.7. The third-order valence-electron chi connectivity index (χ3n) is 13.1. The molecule has 10 rings (SSSR count). The number of phenols is 1. The van der Waals surface area contributed by atoms with Crippen molar-refractivity contribution in [3.8, 4) is 23.0 Å². The predicted octanol–water partition coefficient (Wildman–Crippen LogP) is 2.68. The third-order valence-corrected chi connectivity index (χ3v) is 13.1. The van der Waals surface area contributed by atoms with E-state index < -0.39 is 17.1 Å². The van der Waals surface area contributed by atoms with Crippen molar-refractivity contribution < 1.29 is 34.0 Å². The number of nitrogens with zero attached hydrogens (tertiary/aromatic N) is 2. The van der Waals surface area contributed by atoms with Gasteiger partial charge in [0, 0.05) is 41.5 Å². The second-order valence-corrected chi connectivity index (χ2v) is 14.5. The van der Waals surface area contributed by atoms with Crippen molar-refractivity contribution in [2.75, 3.05) is 34.3 Å². The molecule has 9 nitrogen and oxygen atoms in total. The van der Waals surface area contributed by atoms with Gasteiger partial charge in [0.15, 0.2) is 46.8 Å². The largest absolute Gasteiger partial charge is 0.504 e. The highest BCUT2D eigenvalue weighted by atomic mass is 16.5. The van der Waals surface area contributed by atoms with Gasteiger partial charge >= 0.3 is 0 Å². The maximum absolute atomic E-state index is 12.7. The van der Waals surface area contributed by atoms with Crippen molar-refractivity contribution in [2.45, 2.75) is 92.1 Å². The molecule has 8 aliphatic rings. The minimum atomic E-state index is -0.900. The molecule has 44 heavy (non-hydrogen) atoms. The van der Waals surface area contributed by atoms with E-state index >= 15 is 0 Å². The van der Waals surface area contributed by atoms with Gasteiger partial charge in [-0.15, -0.1) is 0 Å². The molecule has 4 fully saturated rings. The van der Waals surface area contributed by atoms with Gasteiger partial charge in [0.25, 0.3) is 0 Å². The molecule has 4 aliphatic carbocycles. The molecule has 8 atom stereocenters. The lowest BCUT2D eigenvalue weighted by molar-refractivity contribution is -0.185. The number of hydrogen-bond donors (Lipinski definition) is 2. The Kier molecular flexibility index (Phi) is 5.42. The molecule has 2 spiro atoms. The smallest absolute Gasteiger partial charge is 0.174 e. The van der Waals surface area contributed by atoms with E-state index in [2.05, 4.69) is 30.0 Å². The zero-order chi connectivity index (χ0) is 30.3. The number of hydrogen-bond acceptors (Lipinski definition) is 9. The zero-order valence-corrected chi connectivity index (χ0v) is 25.6. The van der Waals surface area contributed by atoms with Gasteiger partial charge in [-0.3, -0.25) is 9.59 Å². The van der Waals surface area contributed by atoms with E-state index in [9.17, 15) is 19.8 Å². The molecule has 2 saturated heterocycles. The fraction of sp³-hybridized carbons (Fsp3) is 0.600. The van der Waals surface area contributed by atoms with Crippen molar-refractivity contribution in [3.63, 3.8) is 0 Å². The fourth-order valence-electron chi connectivity index (χ4n) is 11.2. The van der Waals surface area contributed by atoms with Crippen LogP contribution in [0.15, 0.2) is 24.3 Å². The quantitative estimate of drug-likeness (QED) is 0.511. The number of rotatable bonds is 1. The third kappa shape index (κ3) is 2.97. The summed E-state index contributed by atoms with van der Waals surface area (Å²) in [7, 11) is 5.90. The summed E-state index contributed by atoms with van der Waals surface area (Å²) < 4.78 is 17.7. The highest BCUT2D eigenvalue weighted by Gasteiger charge is 2.73. The van der Waals surface area contributed by atoms with Crippen LogP contribution in [0.2, 0.25) is 0 Å². The van der Waals surface area contributed by atoms with Crippen LogP contribution in [0.3, 0.4) is 0 Å². The molecule has 0 amide bonds. The van der Waals surface area contributed by atoms with Gasteiger partial charge in [-0.2, -0.15) is 0 Å². The molecule has 4 heterocycles. The first-order valence-corrected chi connectivity index (χ1v) is 16.2. The van der Waals surface area contributed by atoms with Crippen molar-refractivity contribution >= 4 is 11.6 Å². The zero-order valence-electron chi connectivity index (χ0n) is 25.6. The second kappa shape index (κ2) is 8.77. The lowest BCUT2D eigenvalue weighted by Crippen LogP contribution is -2.76. The van der Waals surface area contributed by atoms with Crippen LogP contribution in [0.25, 0.3) is 0 Å². The van der Waals surface area contributed by atoms with Gasteiger partial charge in [-0.25, -0.2) is 0 Å². The average molecular weight is 601 g/mol. The lowest BCUT2D eigenvalue weighted by Gasteiger charge is -2.62. The Morgan fingerprint density at radius 1 is 0.864 bits per heavy atom. The number of likely N-dealkylation sites (N-methyl/N-ethyl adjacent to an activating group) is 2. The number of aliphatic hydroxyl groups is 1. The minimum Gasteiger partial charge on any atom is -0.504 e. The van der Waals surface area contributed by atoms with Crippen LogP contribution in [0.5, 0.6) is 23.0 Å². The summed E-state index contributed by atoms with van der Waals surface area (Å²) in [5.74, 6) is 2.96. The average Bonchev–Trinajstić information content (AvgIpc) is 3.56. The van der Waals surface area contributed by atoms with Gasteiger partial charge in [0.2, 0.25) is 0 Å². The van der Waals surface area contributed by atoms with Gasteiger partial charge in [-0.05, 0) is 94.9 Å². The minimum absolute atomic E-state index is 0.0438. The maximum Gasteiger partial charge on any atom is 0.174 e. The van der Waals surface area contributed by atoms with Crippen LogP contribution in [-0.2, 0) is 33.3 Å². The number of carbonyl (C=O) groups is 2. The molecule has 0 aromatic heterocycles. The van der Waals surface area contributed by atoms with E-state index in [-0.39, 0.29) is 34.9 Å². The summed E-state index contributed by atoms with van der Waals surface area (Å²) in [5, 5.41) is 21.9. The van der Waals surface area contributed by atoms with Crippen molar-refractivity contribution in [2.24, 2.45) is 5.92 Å². The molecule has 2 aromatic carbocycles. The normalized spacial score (nSPS) is 40.2. The Bertz CT molecular complexity index is 1640. The fourth-order valence-corrected chi connectivity index (χ4v) is 11.2. The first-order chi connectivity index (χ1) is 21.2. The molecule has 2 N–H and O–H groups in total. The van der Waals surface area contributed by atoms with Crippen molar-refractivity contribution in [1.82, 2.24) is 9.80 Å². The SMILES string of the molecule is CN1CC[C@]23c4c5ccc(O)c4O[C@H]2C(=O)CC[C@H]3[C@H]1C5.COc1ccc2c3c1O[C@H]1C(=O)CC[C@@]4(O)[C@@H](C2)N(C)CC[C@]314. The number of carbonyl (C=O) groups excluding carboxylic acids is 2. The molecular formula is C35H40N2O7. The number of Topliss-reactive ketones (excluding diaryl/α,β-unsaturated/α-hetero) is 2. The van der Waals surface area contributed by atoms with E-state index in [1.165, 1.54) is 11.1 Å². The van der Waals surface area contributed by atoms with E-state index in [0.717, 1.165) is 56.3 Å². The Hall–Kier alpha value is -3.14. The van der Waals surface area contributed by atoms with Gasteiger partial charge in [0.05, 0.1) is 18.1 Å². The summed E-state index contributed by atoms with van der Waals surface area (Å²) in [6.07, 6.45) is 5.08. The topological polar surface area (TPSA) is 109 Å². The first-order valence-electron chi connectivity index (χ1n) is 16.2. The Balaban J connectivity index is 0.000000123. The number of methoxy groups -OCH3 is 1. The molecule has 9 heteroatoms. The lowest BCUT2D eigenvalue weighted by atomic mass is 9.49. The number of ketones is 2. The van der Waals surface area contributed by atoms with Crippen LogP contribution in [0, 0.1) is 5.92 Å². The van der Waals surface area contributed by atoms with Gasteiger partial charge in [-0.1, -0.05) is 12.1 Å². The van der Waals surface area contributed by atoms with Crippen LogP contribution in [0.4, 0.5) is 0 Å². The summed E-state index contributed by atoms with van der Waals surface area (Å²) in [6, 6.07) is 8.30. The molecule has 4 aliphatic heterocycles. The Morgan fingerprint density at radius 3 is 2.41 bits per heavy atom. The standard InChI is InChI=1S/C18H21NO4.C17H19NO3/c1-19-8-7-17-14-10-3-4-12(22-2)15(14)23-16(17)11(20)5-6-18(17,21)13(19)9-10;1-18-7-6-17-10-3-5-13(20)16(17)21-15-12(19)4-2-9(14(15)17)8-11(10)18/h3-4,13,16,21H,5-9H2,1-2H3;2,4,10-11,16,19H,3,5-8H2,1H3/t13-,16+,17+,18-;10-,11+,16-,17-/m10/s1. The molecule has 232 valence electrons. The highest BCUT2D eigenvalue weighted by Crippen LogP contribution is 2.65. The van der Waals surface area contributed by atoms with Crippen LogP contribution >= 0.6 is 0 Å². The number of ether oxygens (including phenoxy) is 3. The predicted molar refractivity (Wildman–Crippen MR) is 160 cm³/mol. The Morgan fingerprint density at radius 2 is 1.59 bits per heavy atom. The van der Waals surface area contributed by atoms with E-state index in [1.54, 1.807) is 13.2 Å². The molecule has 0 radical (unpaired) electrons. The number of likely N-dealkylation sites (tertiary alicyclic amines) is 2. The number of phenolic OH excluding ortho intramolecular Hbond substituents is 1. The van der Waals surface area contributed by atoms with Gasteiger partial charge in [0.1, 0.15) is 0 Å². The molecule has 2 saturated carbocycles. The van der Waals surface area contributed by atoms with E-state index in [1.807, 2.05) is 12.1 Å². The van der Waals surface area contributed by atoms with E-state index in [0.29, 0.717) is 48.5 Å². The summed E-state index contributed by atoms with van der Waals surface area (Å²) in [4.78, 5) is 29.9. The van der Waals surface area contributed by atoms with Crippen LogP contribution < -0.4 is 14.2 Å².